The van der Waals surface area contributed by atoms with Crippen molar-refractivity contribution < 1.29 is 19.1 Å². The molecule has 25 heavy (non-hydrogen) atoms. The lowest BCUT2D eigenvalue weighted by Crippen LogP contribution is -2.28. The van der Waals surface area contributed by atoms with Gasteiger partial charge in [0.05, 0.1) is 7.11 Å². The molecule has 2 rings (SSSR count). The van der Waals surface area contributed by atoms with Crippen molar-refractivity contribution in [1.29, 1.82) is 0 Å². The Morgan fingerprint density at radius 3 is 2.40 bits per heavy atom. The first-order chi connectivity index (χ1) is 12.1. The van der Waals surface area contributed by atoms with Gasteiger partial charge in [0.15, 0.2) is 6.61 Å². The summed E-state index contributed by atoms with van der Waals surface area (Å²) in [5, 5.41) is 3.29. The van der Waals surface area contributed by atoms with Crippen molar-refractivity contribution in [2.24, 2.45) is 0 Å². The van der Waals surface area contributed by atoms with Gasteiger partial charge in [-0.3, -0.25) is 4.79 Å². The average molecular weight is 360 g/mol. The molecule has 0 aliphatic carbocycles. The zero-order chi connectivity index (χ0) is 18.1. The predicted molar refractivity (Wildman–Crippen MR) is 96.3 cm³/mol. The van der Waals surface area contributed by atoms with E-state index < -0.39 is 5.97 Å². The smallest absolute Gasteiger partial charge is 0.331 e. The molecule has 2 aromatic carbocycles. The lowest BCUT2D eigenvalue weighted by molar-refractivity contribution is -0.143. The summed E-state index contributed by atoms with van der Waals surface area (Å²) in [5.74, 6) is -0.213. The molecule has 0 radical (unpaired) electrons. The number of hydrogen-bond donors (Lipinski definition) is 1. The Kier molecular flexibility index (Phi) is 7.04. The first kappa shape index (κ1) is 18.5. The first-order valence-electron chi connectivity index (χ1n) is 7.57. The maximum absolute atomic E-state index is 11.7. The molecule has 6 heteroatoms. The van der Waals surface area contributed by atoms with Crippen LogP contribution in [-0.4, -0.2) is 25.6 Å². The number of esters is 1. The second-order valence-electron chi connectivity index (χ2n) is 5.12. The number of benzene rings is 2. The predicted octanol–water partition coefficient (Wildman–Crippen LogP) is 3.22. The monoisotopic (exact) mass is 359 g/mol. The van der Waals surface area contributed by atoms with Gasteiger partial charge in [0.1, 0.15) is 5.75 Å². The molecule has 5 nitrogen and oxygen atoms in total. The average Bonchev–Trinajstić information content (AvgIpc) is 2.64. The minimum absolute atomic E-state index is 0.333. The molecule has 0 unspecified atom stereocenters. The van der Waals surface area contributed by atoms with Gasteiger partial charge in [-0.25, -0.2) is 4.79 Å². The fraction of sp³-hybridized carbons (Fsp3) is 0.158. The largest absolute Gasteiger partial charge is 0.497 e. The van der Waals surface area contributed by atoms with Gasteiger partial charge in [0, 0.05) is 17.6 Å². The summed E-state index contributed by atoms with van der Waals surface area (Å²) in [6.45, 7) is 0.0148. The maximum atomic E-state index is 11.7. The molecule has 0 atom stereocenters. The molecular weight excluding hydrogens is 342 g/mol. The molecule has 0 spiro atoms. The summed E-state index contributed by atoms with van der Waals surface area (Å²) in [5.41, 5.74) is 1.73. The van der Waals surface area contributed by atoms with Gasteiger partial charge >= 0.3 is 5.97 Å². The molecule has 1 amide bonds. The lowest BCUT2D eigenvalue weighted by Gasteiger charge is -2.06. The molecule has 0 aliphatic heterocycles. The van der Waals surface area contributed by atoms with E-state index in [0.29, 0.717) is 11.6 Å². The highest BCUT2D eigenvalue weighted by Gasteiger charge is 2.05. The number of carbonyl (C=O) groups is 2. The van der Waals surface area contributed by atoms with Crippen LogP contribution in [0, 0.1) is 0 Å². The number of halogens is 1. The van der Waals surface area contributed by atoms with Crippen LogP contribution in [0.3, 0.4) is 0 Å². The molecule has 130 valence electrons. The second kappa shape index (κ2) is 9.49. The van der Waals surface area contributed by atoms with Gasteiger partial charge in [-0.1, -0.05) is 35.9 Å². The van der Waals surface area contributed by atoms with Gasteiger partial charge in [-0.05, 0) is 41.5 Å². The van der Waals surface area contributed by atoms with E-state index in [4.69, 9.17) is 21.1 Å². The van der Waals surface area contributed by atoms with E-state index >= 15 is 0 Å². The lowest BCUT2D eigenvalue weighted by atomic mass is 10.2. The normalized spacial score (nSPS) is 10.5. The second-order valence-corrected chi connectivity index (χ2v) is 5.55. The molecular formula is C19H18ClNO4. The summed E-state index contributed by atoms with van der Waals surface area (Å²) in [6, 6.07) is 14.3. The van der Waals surface area contributed by atoms with Crippen LogP contribution in [0.4, 0.5) is 0 Å². The Hall–Kier alpha value is -2.79. The van der Waals surface area contributed by atoms with Crippen molar-refractivity contribution in [3.05, 3.63) is 70.8 Å². The standard InChI is InChI=1S/C19H18ClNO4/c1-24-17-9-4-15(5-10-17)12-21-18(22)13-25-19(23)11-6-14-2-7-16(20)8-3-14/h2-11H,12-13H2,1H3,(H,21,22). The zero-order valence-corrected chi connectivity index (χ0v) is 14.5. The summed E-state index contributed by atoms with van der Waals surface area (Å²) in [6.07, 6.45) is 2.86. The van der Waals surface area contributed by atoms with Crippen molar-refractivity contribution in [2.45, 2.75) is 6.54 Å². The summed E-state index contributed by atoms with van der Waals surface area (Å²) < 4.78 is 9.95. The molecule has 0 bridgehead atoms. The van der Waals surface area contributed by atoms with Gasteiger partial charge < -0.3 is 14.8 Å². The van der Waals surface area contributed by atoms with E-state index in [1.165, 1.54) is 6.08 Å². The summed E-state index contributed by atoms with van der Waals surface area (Å²) >= 11 is 5.78. The third-order valence-electron chi connectivity index (χ3n) is 3.28. The Morgan fingerprint density at radius 1 is 1.08 bits per heavy atom. The van der Waals surface area contributed by atoms with Crippen LogP contribution in [0.1, 0.15) is 11.1 Å². The molecule has 0 saturated carbocycles. The van der Waals surface area contributed by atoms with Crippen molar-refractivity contribution in [1.82, 2.24) is 5.32 Å². The Morgan fingerprint density at radius 2 is 1.76 bits per heavy atom. The highest BCUT2D eigenvalue weighted by Crippen LogP contribution is 2.11. The number of hydrogen-bond acceptors (Lipinski definition) is 4. The highest BCUT2D eigenvalue weighted by molar-refractivity contribution is 6.30. The Bertz CT molecular complexity index is 739. The van der Waals surface area contributed by atoms with Gasteiger partial charge in [0.25, 0.3) is 5.91 Å². The number of carbonyl (C=O) groups excluding carboxylic acids is 2. The van der Waals surface area contributed by atoms with E-state index in [-0.39, 0.29) is 12.5 Å². The Balaban J connectivity index is 1.71. The fourth-order valence-corrected chi connectivity index (χ4v) is 2.04. The van der Waals surface area contributed by atoms with E-state index in [9.17, 15) is 9.59 Å². The number of amides is 1. The summed E-state index contributed by atoms with van der Waals surface area (Å²) in [7, 11) is 1.59. The highest BCUT2D eigenvalue weighted by atomic mass is 35.5. The minimum Gasteiger partial charge on any atom is -0.497 e. The first-order valence-corrected chi connectivity index (χ1v) is 7.94. The van der Waals surface area contributed by atoms with E-state index in [1.54, 1.807) is 37.5 Å². The molecule has 0 fully saturated rings. The van der Waals surface area contributed by atoms with Crippen LogP contribution >= 0.6 is 11.6 Å². The number of methoxy groups -OCH3 is 1. The molecule has 0 aliphatic rings. The van der Waals surface area contributed by atoms with Crippen molar-refractivity contribution in [3.8, 4) is 5.75 Å². The Labute approximate surface area is 151 Å². The molecule has 0 saturated heterocycles. The fourth-order valence-electron chi connectivity index (χ4n) is 1.92. The van der Waals surface area contributed by atoms with Crippen LogP contribution in [0.2, 0.25) is 5.02 Å². The molecule has 0 heterocycles. The number of nitrogens with one attached hydrogen (secondary N) is 1. The van der Waals surface area contributed by atoms with Crippen LogP contribution < -0.4 is 10.1 Å². The van der Waals surface area contributed by atoms with E-state index in [2.05, 4.69) is 5.32 Å². The SMILES string of the molecule is COc1ccc(CNC(=O)COC(=O)C=Cc2ccc(Cl)cc2)cc1. The van der Waals surface area contributed by atoms with E-state index in [0.717, 1.165) is 16.9 Å². The number of rotatable bonds is 7. The van der Waals surface area contributed by atoms with Gasteiger partial charge in [0.2, 0.25) is 0 Å². The van der Waals surface area contributed by atoms with Crippen LogP contribution in [0.25, 0.3) is 6.08 Å². The van der Waals surface area contributed by atoms with Crippen molar-refractivity contribution in [3.63, 3.8) is 0 Å². The van der Waals surface area contributed by atoms with Crippen molar-refractivity contribution >= 4 is 29.6 Å². The van der Waals surface area contributed by atoms with Gasteiger partial charge in [-0.2, -0.15) is 0 Å². The molecule has 0 aromatic heterocycles. The molecule has 1 N–H and O–H groups in total. The third-order valence-corrected chi connectivity index (χ3v) is 3.53. The quantitative estimate of drug-likeness (QED) is 0.609. The minimum atomic E-state index is -0.588. The van der Waals surface area contributed by atoms with Gasteiger partial charge in [-0.15, -0.1) is 0 Å². The van der Waals surface area contributed by atoms with Crippen LogP contribution in [0.15, 0.2) is 54.6 Å². The zero-order valence-electron chi connectivity index (χ0n) is 13.7. The third kappa shape index (κ3) is 6.69. The van der Waals surface area contributed by atoms with Crippen LogP contribution in [-0.2, 0) is 20.9 Å². The van der Waals surface area contributed by atoms with Crippen LogP contribution in [0.5, 0.6) is 5.75 Å². The topological polar surface area (TPSA) is 64.6 Å². The molecule has 2 aromatic rings. The summed E-state index contributed by atoms with van der Waals surface area (Å²) in [4.78, 5) is 23.3. The van der Waals surface area contributed by atoms with E-state index in [1.807, 2.05) is 24.3 Å². The van der Waals surface area contributed by atoms with Crippen molar-refractivity contribution in [2.75, 3.05) is 13.7 Å². The number of ether oxygens (including phenoxy) is 2. The maximum Gasteiger partial charge on any atom is 0.331 e.